The number of halogens is 1. The van der Waals surface area contributed by atoms with Gasteiger partial charge in [0.1, 0.15) is 0 Å². The lowest BCUT2D eigenvalue weighted by Gasteiger charge is -2.27. The number of rotatable bonds is 3. The molecule has 1 aliphatic rings. The van der Waals surface area contributed by atoms with Crippen molar-refractivity contribution >= 4 is 22.9 Å². The van der Waals surface area contributed by atoms with Gasteiger partial charge in [-0.25, -0.2) is 0 Å². The second kappa shape index (κ2) is 5.30. The Morgan fingerprint density at radius 2 is 2.53 bits per heavy atom. The summed E-state index contributed by atoms with van der Waals surface area (Å²) < 4.78 is 5.51. The van der Waals surface area contributed by atoms with E-state index in [1.807, 2.05) is 11.4 Å². The molecule has 0 spiro atoms. The van der Waals surface area contributed by atoms with Crippen LogP contribution in [0.5, 0.6) is 0 Å². The van der Waals surface area contributed by atoms with Gasteiger partial charge in [-0.3, -0.25) is 0 Å². The fourth-order valence-corrected chi connectivity index (χ4v) is 2.90. The quantitative estimate of drug-likeness (QED) is 0.884. The third-order valence-corrected chi connectivity index (χ3v) is 3.96. The Hall–Kier alpha value is -0.0900. The zero-order valence-electron chi connectivity index (χ0n) is 8.83. The molecule has 1 aromatic heterocycles. The van der Waals surface area contributed by atoms with Crippen LogP contribution < -0.4 is 5.32 Å². The van der Waals surface area contributed by atoms with E-state index in [9.17, 15) is 0 Å². The highest BCUT2D eigenvalue weighted by molar-refractivity contribution is 7.10. The van der Waals surface area contributed by atoms with E-state index in [0.29, 0.717) is 12.1 Å². The first-order valence-electron chi connectivity index (χ1n) is 5.32. The third-order valence-electron chi connectivity index (χ3n) is 2.67. The van der Waals surface area contributed by atoms with E-state index in [4.69, 9.17) is 16.3 Å². The summed E-state index contributed by atoms with van der Waals surface area (Å²) in [6.07, 6.45) is 2.62. The molecule has 15 heavy (non-hydrogen) atoms. The molecular formula is C11H16ClNOS. The van der Waals surface area contributed by atoms with Crippen LogP contribution in [0.2, 0.25) is 5.02 Å². The number of hydrogen-bond acceptors (Lipinski definition) is 3. The van der Waals surface area contributed by atoms with Crippen molar-refractivity contribution in [3.8, 4) is 0 Å². The lowest BCUT2D eigenvalue weighted by Crippen LogP contribution is -2.37. The molecule has 0 aliphatic carbocycles. The minimum absolute atomic E-state index is 0.392. The Morgan fingerprint density at radius 3 is 3.20 bits per heavy atom. The standard InChI is InChI=1S/C11H16ClNOS/c1-8-4-10(2-3-14-8)13-6-11-5-9(12)7-15-11/h5,7-8,10,13H,2-4,6H2,1H3. The second-order valence-corrected chi connectivity index (χ2v) is 5.45. The molecule has 2 nitrogen and oxygen atoms in total. The Balaban J connectivity index is 1.77. The van der Waals surface area contributed by atoms with Gasteiger partial charge in [-0.05, 0) is 25.8 Å². The molecule has 2 atom stereocenters. The predicted molar refractivity (Wildman–Crippen MR) is 64.6 cm³/mol. The molecule has 1 aromatic rings. The highest BCUT2D eigenvalue weighted by Crippen LogP contribution is 2.20. The van der Waals surface area contributed by atoms with Crippen molar-refractivity contribution in [3.63, 3.8) is 0 Å². The SMILES string of the molecule is CC1CC(NCc2cc(Cl)cs2)CCO1. The molecule has 84 valence electrons. The third kappa shape index (κ3) is 3.45. The molecule has 2 rings (SSSR count). The van der Waals surface area contributed by atoms with Crippen molar-refractivity contribution in [2.24, 2.45) is 0 Å². The van der Waals surface area contributed by atoms with E-state index < -0.39 is 0 Å². The lowest BCUT2D eigenvalue weighted by molar-refractivity contribution is 0.0131. The van der Waals surface area contributed by atoms with Crippen molar-refractivity contribution in [2.45, 2.75) is 38.5 Å². The van der Waals surface area contributed by atoms with E-state index >= 15 is 0 Å². The molecule has 0 saturated carbocycles. The fourth-order valence-electron chi connectivity index (χ4n) is 1.87. The van der Waals surface area contributed by atoms with Crippen LogP contribution in [0.15, 0.2) is 11.4 Å². The molecule has 0 radical (unpaired) electrons. The minimum atomic E-state index is 0.392. The predicted octanol–water partition coefficient (Wildman–Crippen LogP) is 3.06. The lowest BCUT2D eigenvalue weighted by atomic mass is 10.0. The van der Waals surface area contributed by atoms with Gasteiger partial charge >= 0.3 is 0 Å². The topological polar surface area (TPSA) is 21.3 Å². The first-order chi connectivity index (χ1) is 7.24. The average Bonchev–Trinajstić information content (AvgIpc) is 2.62. The minimum Gasteiger partial charge on any atom is -0.378 e. The van der Waals surface area contributed by atoms with Crippen LogP contribution in [0, 0.1) is 0 Å². The molecule has 1 N–H and O–H groups in total. The zero-order chi connectivity index (χ0) is 10.7. The van der Waals surface area contributed by atoms with Crippen LogP contribution in [0.25, 0.3) is 0 Å². The molecule has 1 aliphatic heterocycles. The van der Waals surface area contributed by atoms with Crippen LogP contribution in [-0.2, 0) is 11.3 Å². The van der Waals surface area contributed by atoms with Gasteiger partial charge in [-0.15, -0.1) is 11.3 Å². The van der Waals surface area contributed by atoms with Gasteiger partial charge in [0, 0.05) is 29.5 Å². The zero-order valence-corrected chi connectivity index (χ0v) is 10.4. The summed E-state index contributed by atoms with van der Waals surface area (Å²) in [5, 5.41) is 6.38. The van der Waals surface area contributed by atoms with Gasteiger partial charge in [0.15, 0.2) is 0 Å². The van der Waals surface area contributed by atoms with Crippen molar-refractivity contribution in [3.05, 3.63) is 21.3 Å². The fraction of sp³-hybridized carbons (Fsp3) is 0.636. The highest BCUT2D eigenvalue weighted by Gasteiger charge is 2.18. The van der Waals surface area contributed by atoms with E-state index in [2.05, 4.69) is 12.2 Å². The molecule has 0 aromatic carbocycles. The second-order valence-electron chi connectivity index (χ2n) is 4.01. The van der Waals surface area contributed by atoms with Crippen molar-refractivity contribution in [1.29, 1.82) is 0 Å². The molecular weight excluding hydrogens is 230 g/mol. The first-order valence-corrected chi connectivity index (χ1v) is 6.57. The average molecular weight is 246 g/mol. The Morgan fingerprint density at radius 1 is 1.67 bits per heavy atom. The maximum Gasteiger partial charge on any atom is 0.0561 e. The van der Waals surface area contributed by atoms with Crippen LogP contribution in [0.3, 0.4) is 0 Å². The molecule has 1 saturated heterocycles. The number of hydrogen-bond donors (Lipinski definition) is 1. The first kappa shape index (κ1) is 11.4. The maximum atomic E-state index is 5.87. The smallest absolute Gasteiger partial charge is 0.0561 e. The summed E-state index contributed by atoms with van der Waals surface area (Å²) in [5.41, 5.74) is 0. The summed E-state index contributed by atoms with van der Waals surface area (Å²) in [6, 6.07) is 2.62. The van der Waals surface area contributed by atoms with Crippen molar-refractivity contribution < 1.29 is 4.74 Å². The Kier molecular flexibility index (Phi) is 4.03. The van der Waals surface area contributed by atoms with E-state index in [-0.39, 0.29) is 0 Å². The van der Waals surface area contributed by atoms with Crippen molar-refractivity contribution in [2.75, 3.05) is 6.61 Å². The maximum absolute atomic E-state index is 5.87. The van der Waals surface area contributed by atoms with Gasteiger partial charge in [0.05, 0.1) is 11.1 Å². The van der Waals surface area contributed by atoms with Gasteiger partial charge < -0.3 is 10.1 Å². The monoisotopic (exact) mass is 245 g/mol. The molecule has 1 fully saturated rings. The molecule has 2 unspecified atom stereocenters. The molecule has 0 amide bonds. The molecule has 4 heteroatoms. The van der Waals surface area contributed by atoms with Crippen LogP contribution >= 0.6 is 22.9 Å². The molecule has 2 heterocycles. The Bertz CT molecular complexity index is 315. The number of thiophene rings is 1. The van der Waals surface area contributed by atoms with Crippen LogP contribution in [-0.4, -0.2) is 18.8 Å². The number of ether oxygens (including phenoxy) is 1. The van der Waals surface area contributed by atoms with Gasteiger partial charge in [-0.2, -0.15) is 0 Å². The van der Waals surface area contributed by atoms with Crippen molar-refractivity contribution in [1.82, 2.24) is 5.32 Å². The van der Waals surface area contributed by atoms with E-state index in [1.165, 1.54) is 4.88 Å². The summed E-state index contributed by atoms with van der Waals surface area (Å²) in [5.74, 6) is 0. The highest BCUT2D eigenvalue weighted by atomic mass is 35.5. The van der Waals surface area contributed by atoms with Gasteiger partial charge in [0.2, 0.25) is 0 Å². The largest absolute Gasteiger partial charge is 0.378 e. The van der Waals surface area contributed by atoms with Crippen LogP contribution in [0.1, 0.15) is 24.6 Å². The van der Waals surface area contributed by atoms with E-state index in [1.54, 1.807) is 11.3 Å². The molecule has 0 bridgehead atoms. The summed E-state index contributed by atoms with van der Waals surface area (Å²) in [4.78, 5) is 1.30. The Labute approximate surface area is 99.6 Å². The van der Waals surface area contributed by atoms with E-state index in [0.717, 1.165) is 31.0 Å². The summed E-state index contributed by atoms with van der Waals surface area (Å²) in [7, 11) is 0. The van der Waals surface area contributed by atoms with Gasteiger partial charge in [-0.1, -0.05) is 11.6 Å². The normalized spacial score (nSPS) is 26.8. The summed E-state index contributed by atoms with van der Waals surface area (Å²) >= 11 is 7.58. The summed E-state index contributed by atoms with van der Waals surface area (Å²) in [6.45, 7) is 3.94. The number of nitrogens with one attached hydrogen (secondary N) is 1. The van der Waals surface area contributed by atoms with Gasteiger partial charge in [0.25, 0.3) is 0 Å². The van der Waals surface area contributed by atoms with Crippen LogP contribution in [0.4, 0.5) is 0 Å².